The van der Waals surface area contributed by atoms with E-state index in [2.05, 4.69) is 4.98 Å². The average Bonchev–Trinajstić information content (AvgIpc) is 2.86. The van der Waals surface area contributed by atoms with Crippen LogP contribution < -0.4 is 0 Å². The molecular formula is C12H13F3N2O2. The van der Waals surface area contributed by atoms with Gasteiger partial charge in [-0.3, -0.25) is 9.78 Å². The Hall–Kier alpha value is -1.63. The Morgan fingerprint density at radius 2 is 2.21 bits per heavy atom. The van der Waals surface area contributed by atoms with Gasteiger partial charge in [0.1, 0.15) is 5.69 Å². The van der Waals surface area contributed by atoms with E-state index in [1.165, 1.54) is 4.90 Å². The van der Waals surface area contributed by atoms with Crippen molar-refractivity contribution >= 4 is 5.91 Å². The van der Waals surface area contributed by atoms with Gasteiger partial charge in [0.15, 0.2) is 0 Å². The zero-order valence-corrected chi connectivity index (χ0v) is 10.0. The third-order valence-electron chi connectivity index (χ3n) is 3.14. The second-order valence-corrected chi connectivity index (χ2v) is 4.52. The number of aliphatic hydroxyl groups is 1. The van der Waals surface area contributed by atoms with Crippen molar-refractivity contribution in [1.82, 2.24) is 9.88 Å². The summed E-state index contributed by atoms with van der Waals surface area (Å²) in [7, 11) is 0. The molecule has 1 amide bonds. The van der Waals surface area contributed by atoms with Crippen molar-refractivity contribution in [3.63, 3.8) is 0 Å². The van der Waals surface area contributed by atoms with Gasteiger partial charge in [-0.2, -0.15) is 13.2 Å². The van der Waals surface area contributed by atoms with E-state index in [-0.39, 0.29) is 18.2 Å². The van der Waals surface area contributed by atoms with E-state index in [0.717, 1.165) is 12.1 Å². The zero-order valence-electron chi connectivity index (χ0n) is 10.0. The number of likely N-dealkylation sites (tertiary alicyclic amines) is 1. The Kier molecular flexibility index (Phi) is 3.75. The fraction of sp³-hybridized carbons (Fsp3) is 0.500. The Labute approximate surface area is 107 Å². The van der Waals surface area contributed by atoms with E-state index in [1.54, 1.807) is 0 Å². The smallest absolute Gasteiger partial charge is 0.396 e. The van der Waals surface area contributed by atoms with E-state index in [0.29, 0.717) is 25.7 Å². The molecule has 1 aromatic rings. The SMILES string of the molecule is O=C(c1ccc(C(F)(F)F)cn1)N1CCC(CO)C1. The van der Waals surface area contributed by atoms with Crippen LogP contribution in [0.1, 0.15) is 22.5 Å². The zero-order chi connectivity index (χ0) is 14.0. The van der Waals surface area contributed by atoms with Gasteiger partial charge < -0.3 is 10.0 Å². The quantitative estimate of drug-likeness (QED) is 0.890. The minimum absolute atomic E-state index is 0.00419. The maximum atomic E-state index is 12.4. The van der Waals surface area contributed by atoms with Crippen LogP contribution in [0.15, 0.2) is 18.3 Å². The molecule has 1 saturated heterocycles. The highest BCUT2D eigenvalue weighted by Crippen LogP contribution is 2.28. The lowest BCUT2D eigenvalue weighted by molar-refractivity contribution is -0.137. The lowest BCUT2D eigenvalue weighted by Crippen LogP contribution is -2.29. The van der Waals surface area contributed by atoms with Gasteiger partial charge in [0.25, 0.3) is 5.91 Å². The molecule has 0 aliphatic carbocycles. The molecule has 1 unspecified atom stereocenters. The van der Waals surface area contributed by atoms with Gasteiger partial charge in [-0.25, -0.2) is 0 Å². The number of aromatic nitrogens is 1. The predicted molar refractivity (Wildman–Crippen MR) is 60.3 cm³/mol. The van der Waals surface area contributed by atoms with Gasteiger partial charge in [0.2, 0.25) is 0 Å². The molecule has 0 radical (unpaired) electrons. The summed E-state index contributed by atoms with van der Waals surface area (Å²) in [6.45, 7) is 0.912. The molecule has 1 aliphatic heterocycles. The van der Waals surface area contributed by atoms with E-state index in [4.69, 9.17) is 5.11 Å². The molecule has 1 fully saturated rings. The predicted octanol–water partition coefficient (Wildman–Crippen LogP) is 1.55. The van der Waals surface area contributed by atoms with Crippen LogP contribution in [0, 0.1) is 5.92 Å². The summed E-state index contributed by atoms with van der Waals surface area (Å²) in [5, 5.41) is 8.98. The van der Waals surface area contributed by atoms with Gasteiger partial charge in [-0.1, -0.05) is 0 Å². The van der Waals surface area contributed by atoms with E-state index in [9.17, 15) is 18.0 Å². The minimum atomic E-state index is -4.45. The van der Waals surface area contributed by atoms with Gasteiger partial charge in [0.05, 0.1) is 5.56 Å². The van der Waals surface area contributed by atoms with Crippen LogP contribution in [0.3, 0.4) is 0 Å². The Morgan fingerprint density at radius 1 is 1.47 bits per heavy atom. The average molecular weight is 274 g/mol. The molecule has 1 aliphatic rings. The monoisotopic (exact) mass is 274 g/mol. The lowest BCUT2D eigenvalue weighted by Gasteiger charge is -2.15. The van der Waals surface area contributed by atoms with Crippen LogP contribution in [-0.2, 0) is 6.18 Å². The van der Waals surface area contributed by atoms with Gasteiger partial charge >= 0.3 is 6.18 Å². The number of alkyl halides is 3. The number of carbonyl (C=O) groups excluding carboxylic acids is 1. The van der Waals surface area contributed by atoms with E-state index < -0.39 is 17.6 Å². The van der Waals surface area contributed by atoms with Crippen LogP contribution in [0.2, 0.25) is 0 Å². The highest BCUT2D eigenvalue weighted by atomic mass is 19.4. The van der Waals surface area contributed by atoms with Gasteiger partial charge in [-0.05, 0) is 18.6 Å². The highest BCUT2D eigenvalue weighted by molar-refractivity contribution is 5.92. The molecule has 104 valence electrons. The Balaban J connectivity index is 2.08. The second-order valence-electron chi connectivity index (χ2n) is 4.52. The number of pyridine rings is 1. The molecular weight excluding hydrogens is 261 g/mol. The van der Waals surface area contributed by atoms with Crippen LogP contribution in [-0.4, -0.2) is 40.6 Å². The normalized spacial score (nSPS) is 19.8. The molecule has 1 N–H and O–H groups in total. The van der Waals surface area contributed by atoms with Crippen molar-refractivity contribution in [2.24, 2.45) is 5.92 Å². The lowest BCUT2D eigenvalue weighted by atomic mass is 10.1. The van der Waals surface area contributed by atoms with Crippen molar-refractivity contribution in [2.45, 2.75) is 12.6 Å². The molecule has 0 aromatic carbocycles. The maximum absolute atomic E-state index is 12.4. The standard InChI is InChI=1S/C12H13F3N2O2/c13-12(14,15)9-1-2-10(16-5-9)11(19)17-4-3-8(6-17)7-18/h1-2,5,8,18H,3-4,6-7H2. The van der Waals surface area contributed by atoms with Crippen LogP contribution in [0.5, 0.6) is 0 Å². The first kappa shape index (κ1) is 13.8. The number of hydrogen-bond acceptors (Lipinski definition) is 3. The summed E-state index contributed by atoms with van der Waals surface area (Å²) in [5.41, 5.74) is -0.884. The van der Waals surface area contributed by atoms with E-state index >= 15 is 0 Å². The second kappa shape index (κ2) is 5.16. The van der Waals surface area contributed by atoms with Gasteiger partial charge in [-0.15, -0.1) is 0 Å². The first-order valence-corrected chi connectivity index (χ1v) is 5.85. The van der Waals surface area contributed by atoms with Gasteiger partial charge in [0, 0.05) is 31.8 Å². The number of hydrogen-bond donors (Lipinski definition) is 1. The molecule has 2 rings (SSSR count). The molecule has 1 atom stereocenters. The first-order valence-electron chi connectivity index (χ1n) is 5.85. The van der Waals surface area contributed by atoms with Crippen molar-refractivity contribution in [3.05, 3.63) is 29.6 Å². The number of carbonyl (C=O) groups is 1. The number of amides is 1. The molecule has 1 aromatic heterocycles. The van der Waals surface area contributed by atoms with Crippen LogP contribution in [0.4, 0.5) is 13.2 Å². The van der Waals surface area contributed by atoms with Crippen LogP contribution >= 0.6 is 0 Å². The molecule has 2 heterocycles. The number of rotatable bonds is 2. The summed E-state index contributed by atoms with van der Waals surface area (Å²) < 4.78 is 37.1. The van der Waals surface area contributed by atoms with Crippen LogP contribution in [0.25, 0.3) is 0 Å². The third kappa shape index (κ3) is 3.04. The molecule has 4 nitrogen and oxygen atoms in total. The van der Waals surface area contributed by atoms with E-state index in [1.807, 2.05) is 0 Å². The fourth-order valence-corrected chi connectivity index (χ4v) is 2.02. The van der Waals surface area contributed by atoms with Crippen molar-refractivity contribution in [1.29, 1.82) is 0 Å². The summed E-state index contributed by atoms with van der Waals surface area (Å²) in [6.07, 6.45) is -3.10. The van der Waals surface area contributed by atoms with Crippen molar-refractivity contribution in [2.75, 3.05) is 19.7 Å². The van der Waals surface area contributed by atoms with Crippen molar-refractivity contribution in [3.8, 4) is 0 Å². The Bertz CT molecular complexity index is 459. The maximum Gasteiger partial charge on any atom is 0.417 e. The Morgan fingerprint density at radius 3 is 2.68 bits per heavy atom. The number of halogens is 3. The molecule has 7 heteroatoms. The molecule has 0 bridgehead atoms. The summed E-state index contributed by atoms with van der Waals surface area (Å²) >= 11 is 0. The summed E-state index contributed by atoms with van der Waals surface area (Å²) in [6, 6.07) is 1.93. The fourth-order valence-electron chi connectivity index (χ4n) is 2.02. The minimum Gasteiger partial charge on any atom is -0.396 e. The number of aliphatic hydroxyl groups excluding tert-OH is 1. The molecule has 0 saturated carbocycles. The first-order chi connectivity index (χ1) is 8.91. The number of nitrogens with zero attached hydrogens (tertiary/aromatic N) is 2. The third-order valence-corrected chi connectivity index (χ3v) is 3.14. The largest absolute Gasteiger partial charge is 0.417 e. The summed E-state index contributed by atoms with van der Waals surface area (Å²) in [5.74, 6) is -0.358. The highest BCUT2D eigenvalue weighted by Gasteiger charge is 2.32. The topological polar surface area (TPSA) is 53.4 Å². The molecule has 19 heavy (non-hydrogen) atoms. The summed E-state index contributed by atoms with van der Waals surface area (Å²) in [4.78, 5) is 17.0. The van der Waals surface area contributed by atoms with Crippen molar-refractivity contribution < 1.29 is 23.1 Å². The molecule has 0 spiro atoms.